The molecule has 2 N–H and O–H groups in total. The smallest absolute Gasteiger partial charge is 0.248 e. The maximum absolute atomic E-state index is 13.5. The van der Waals surface area contributed by atoms with Gasteiger partial charge in [0.15, 0.2) is 4.90 Å². The highest BCUT2D eigenvalue weighted by Gasteiger charge is 2.30. The molecule has 0 aromatic heterocycles. The summed E-state index contributed by atoms with van der Waals surface area (Å²) in [5.41, 5.74) is 5.06. The van der Waals surface area contributed by atoms with Crippen LogP contribution in [0.5, 0.6) is 0 Å². The van der Waals surface area contributed by atoms with Crippen LogP contribution >= 0.6 is 0 Å². The van der Waals surface area contributed by atoms with Crippen molar-refractivity contribution in [2.45, 2.75) is 24.8 Å². The molecule has 96 valence electrons. The van der Waals surface area contributed by atoms with Gasteiger partial charge < -0.3 is 5.73 Å². The van der Waals surface area contributed by atoms with Crippen molar-refractivity contribution in [3.05, 3.63) is 23.8 Å². The fourth-order valence-corrected chi connectivity index (χ4v) is 2.70. The largest absolute Gasteiger partial charge is 0.399 e. The number of hydrogen-bond donors (Lipinski definition) is 1. The normalized spacial score (nSPS) is 12.4. The minimum Gasteiger partial charge on any atom is -0.399 e. The third-order valence-electron chi connectivity index (χ3n) is 2.38. The van der Waals surface area contributed by atoms with Gasteiger partial charge in [0.1, 0.15) is 11.6 Å². The summed E-state index contributed by atoms with van der Waals surface area (Å²) in [6.45, 7) is 3.20. The average Bonchev–Trinajstić information content (AvgIpc) is 2.13. The van der Waals surface area contributed by atoms with Crippen LogP contribution in [0.25, 0.3) is 0 Å². The molecule has 1 aromatic carbocycles. The summed E-state index contributed by atoms with van der Waals surface area (Å²) in [7, 11) is -2.93. The predicted molar refractivity (Wildman–Crippen MR) is 60.9 cm³/mol. The summed E-state index contributed by atoms with van der Waals surface area (Å²) < 4.78 is 51.8. The van der Waals surface area contributed by atoms with E-state index in [0.29, 0.717) is 0 Å². The summed E-state index contributed by atoms with van der Waals surface area (Å²) in [4.78, 5) is -0.970. The van der Waals surface area contributed by atoms with Crippen LogP contribution in [0.15, 0.2) is 17.0 Å². The average molecular weight is 264 g/mol. The monoisotopic (exact) mass is 264 g/mol. The van der Waals surface area contributed by atoms with E-state index in [9.17, 15) is 17.2 Å². The number of halogens is 2. The Bertz CT molecular complexity index is 506. The zero-order valence-electron chi connectivity index (χ0n) is 9.74. The van der Waals surface area contributed by atoms with E-state index in [1.54, 1.807) is 13.8 Å². The van der Waals surface area contributed by atoms with Crippen molar-refractivity contribution in [3.63, 3.8) is 0 Å². The van der Waals surface area contributed by atoms with Crippen molar-refractivity contribution in [3.8, 4) is 0 Å². The van der Waals surface area contributed by atoms with Crippen LogP contribution in [-0.2, 0) is 10.0 Å². The van der Waals surface area contributed by atoms with E-state index >= 15 is 0 Å². The second-order valence-corrected chi connectivity index (χ2v) is 5.86. The number of hydrogen-bond acceptors (Lipinski definition) is 3. The van der Waals surface area contributed by atoms with E-state index in [4.69, 9.17) is 5.73 Å². The van der Waals surface area contributed by atoms with Crippen molar-refractivity contribution in [2.75, 3.05) is 12.8 Å². The van der Waals surface area contributed by atoms with Crippen molar-refractivity contribution < 1.29 is 17.2 Å². The lowest BCUT2D eigenvalue weighted by atomic mass is 10.3. The van der Waals surface area contributed by atoms with Crippen LogP contribution in [0.1, 0.15) is 13.8 Å². The molecule has 0 bridgehead atoms. The fourth-order valence-electron chi connectivity index (χ4n) is 1.25. The minimum absolute atomic E-state index is 0.161. The van der Waals surface area contributed by atoms with Crippen molar-refractivity contribution >= 4 is 15.7 Å². The SMILES string of the molecule is CC(C)N(C)S(=O)(=O)c1c(F)cc(N)cc1F. The molecular formula is C10H14F2N2O2S. The van der Waals surface area contributed by atoms with Crippen molar-refractivity contribution in [2.24, 2.45) is 0 Å². The van der Waals surface area contributed by atoms with Crippen molar-refractivity contribution in [1.82, 2.24) is 4.31 Å². The Morgan fingerprint density at radius 2 is 1.65 bits per heavy atom. The second-order valence-electron chi connectivity index (χ2n) is 3.93. The molecule has 0 saturated carbocycles. The molecule has 0 amide bonds. The third-order valence-corrected chi connectivity index (χ3v) is 4.47. The molecule has 0 aliphatic rings. The quantitative estimate of drug-likeness (QED) is 0.843. The zero-order valence-corrected chi connectivity index (χ0v) is 10.6. The number of anilines is 1. The summed E-state index contributed by atoms with van der Waals surface area (Å²) in [5.74, 6) is -2.37. The Kier molecular flexibility index (Phi) is 3.73. The van der Waals surface area contributed by atoms with Gasteiger partial charge in [-0.05, 0) is 26.0 Å². The Morgan fingerprint density at radius 1 is 1.24 bits per heavy atom. The Labute approximate surface area is 99.1 Å². The summed E-state index contributed by atoms with van der Waals surface area (Å²) >= 11 is 0. The van der Waals surface area contributed by atoms with Crippen LogP contribution < -0.4 is 5.73 Å². The first kappa shape index (κ1) is 13.9. The standard InChI is InChI=1S/C10H14F2N2O2S/c1-6(2)14(3)17(15,16)10-8(11)4-7(13)5-9(10)12/h4-6H,13H2,1-3H3. The van der Waals surface area contributed by atoms with Gasteiger partial charge in [-0.25, -0.2) is 17.2 Å². The van der Waals surface area contributed by atoms with Gasteiger partial charge in [-0.1, -0.05) is 0 Å². The van der Waals surface area contributed by atoms with E-state index in [1.165, 1.54) is 7.05 Å². The van der Waals surface area contributed by atoms with E-state index in [-0.39, 0.29) is 5.69 Å². The second kappa shape index (κ2) is 4.58. The highest BCUT2D eigenvalue weighted by Crippen LogP contribution is 2.25. The Hall–Kier alpha value is -1.21. The Balaban J connectivity index is 3.45. The zero-order chi connectivity index (χ0) is 13.4. The first-order valence-electron chi connectivity index (χ1n) is 4.90. The molecule has 0 heterocycles. The molecule has 4 nitrogen and oxygen atoms in total. The van der Waals surface area contributed by atoms with Crippen LogP contribution in [0.3, 0.4) is 0 Å². The van der Waals surface area contributed by atoms with E-state index < -0.39 is 32.6 Å². The van der Waals surface area contributed by atoms with Gasteiger partial charge in [0.2, 0.25) is 10.0 Å². The highest BCUT2D eigenvalue weighted by atomic mass is 32.2. The number of nitrogens with zero attached hydrogens (tertiary/aromatic N) is 1. The van der Waals surface area contributed by atoms with Crippen LogP contribution in [-0.4, -0.2) is 25.8 Å². The van der Waals surface area contributed by atoms with Gasteiger partial charge in [-0.15, -0.1) is 0 Å². The molecular weight excluding hydrogens is 250 g/mol. The molecule has 0 saturated heterocycles. The fraction of sp³-hybridized carbons (Fsp3) is 0.400. The molecule has 0 spiro atoms. The molecule has 1 rings (SSSR count). The topological polar surface area (TPSA) is 63.4 Å². The number of rotatable bonds is 3. The van der Waals surface area contributed by atoms with Gasteiger partial charge in [0.05, 0.1) is 0 Å². The number of nitrogens with two attached hydrogens (primary N) is 1. The van der Waals surface area contributed by atoms with Crippen molar-refractivity contribution in [1.29, 1.82) is 0 Å². The number of nitrogen functional groups attached to an aromatic ring is 1. The molecule has 17 heavy (non-hydrogen) atoms. The van der Waals surface area contributed by atoms with Crippen LogP contribution in [0, 0.1) is 11.6 Å². The Morgan fingerprint density at radius 3 is 2.00 bits per heavy atom. The number of sulfonamides is 1. The third kappa shape index (κ3) is 2.55. The maximum Gasteiger partial charge on any atom is 0.248 e. The van der Waals surface area contributed by atoms with Crippen LogP contribution in [0.2, 0.25) is 0 Å². The first-order chi connectivity index (χ1) is 7.67. The maximum atomic E-state index is 13.5. The molecule has 0 atom stereocenters. The lowest BCUT2D eigenvalue weighted by Crippen LogP contribution is -2.34. The molecule has 7 heteroatoms. The van der Waals surface area contributed by atoms with Gasteiger partial charge in [0, 0.05) is 18.8 Å². The molecule has 0 unspecified atom stereocenters. The molecule has 0 aliphatic carbocycles. The van der Waals surface area contributed by atoms with Gasteiger partial charge in [-0.3, -0.25) is 0 Å². The van der Waals surface area contributed by atoms with Gasteiger partial charge in [-0.2, -0.15) is 4.31 Å². The van der Waals surface area contributed by atoms with Gasteiger partial charge in [0.25, 0.3) is 0 Å². The van der Waals surface area contributed by atoms with E-state index in [2.05, 4.69) is 0 Å². The summed E-state index contributed by atoms with van der Waals surface area (Å²) in [6.07, 6.45) is 0. The van der Waals surface area contributed by atoms with E-state index in [1.807, 2.05) is 0 Å². The molecule has 1 aromatic rings. The lowest BCUT2D eigenvalue weighted by molar-refractivity contribution is 0.402. The predicted octanol–water partition coefficient (Wildman–Crippen LogP) is 1.58. The summed E-state index contributed by atoms with van der Waals surface area (Å²) in [6, 6.07) is 1.16. The summed E-state index contributed by atoms with van der Waals surface area (Å²) in [5, 5.41) is 0. The number of benzene rings is 1. The minimum atomic E-state index is -4.19. The van der Waals surface area contributed by atoms with Crippen LogP contribution in [0.4, 0.5) is 14.5 Å². The van der Waals surface area contributed by atoms with E-state index in [0.717, 1.165) is 16.4 Å². The molecule has 0 fully saturated rings. The lowest BCUT2D eigenvalue weighted by Gasteiger charge is -2.21. The molecule has 0 radical (unpaired) electrons. The first-order valence-corrected chi connectivity index (χ1v) is 6.34. The molecule has 0 aliphatic heterocycles. The highest BCUT2D eigenvalue weighted by molar-refractivity contribution is 7.89. The van der Waals surface area contributed by atoms with Gasteiger partial charge >= 0.3 is 0 Å².